The van der Waals surface area contributed by atoms with Gasteiger partial charge < -0.3 is 9.47 Å². The first-order chi connectivity index (χ1) is 8.95. The maximum absolute atomic E-state index is 11.8. The fraction of sp³-hybridized carbons (Fsp3) is 0.667. The molecule has 3 nitrogen and oxygen atoms in total. The highest BCUT2D eigenvalue weighted by atomic mass is 28.3. The van der Waals surface area contributed by atoms with Gasteiger partial charge in [-0.05, 0) is 6.92 Å². The van der Waals surface area contributed by atoms with Crippen LogP contribution in [0.25, 0.3) is 0 Å². The summed E-state index contributed by atoms with van der Waals surface area (Å²) in [6, 6.07) is 3.40. The van der Waals surface area contributed by atoms with Crippen LogP contribution in [0.1, 0.15) is 34.1 Å². The predicted molar refractivity (Wildman–Crippen MR) is 80.5 cm³/mol. The molecule has 1 unspecified atom stereocenters. The first-order valence-electron chi connectivity index (χ1n) is 7.06. The smallest absolute Gasteiger partial charge is 0.337 e. The SMILES string of the molecule is C=CC1([Si](CC)(CC)CC)CC(C(=O)OC)=C(C)O1. The maximum atomic E-state index is 11.8. The number of ether oxygens (including phenoxy) is 2. The number of carbonyl (C=O) groups is 1. The van der Waals surface area contributed by atoms with Gasteiger partial charge in [0.2, 0.25) is 0 Å². The lowest BCUT2D eigenvalue weighted by molar-refractivity contribution is -0.136. The van der Waals surface area contributed by atoms with Crippen LogP contribution < -0.4 is 0 Å². The summed E-state index contributed by atoms with van der Waals surface area (Å²) in [5, 5.41) is -0.348. The van der Waals surface area contributed by atoms with Crippen LogP contribution in [0.3, 0.4) is 0 Å². The average Bonchev–Trinajstić information content (AvgIpc) is 2.79. The summed E-state index contributed by atoms with van der Waals surface area (Å²) in [5.41, 5.74) is 0.676. The molecule has 0 N–H and O–H groups in total. The van der Waals surface area contributed by atoms with E-state index in [-0.39, 0.29) is 11.2 Å². The second-order valence-electron chi connectivity index (χ2n) is 5.24. The molecule has 0 radical (unpaired) electrons. The molecule has 0 saturated carbocycles. The Labute approximate surface area is 117 Å². The van der Waals surface area contributed by atoms with Crippen molar-refractivity contribution >= 4 is 14.0 Å². The van der Waals surface area contributed by atoms with Crippen molar-refractivity contribution < 1.29 is 14.3 Å². The monoisotopic (exact) mass is 282 g/mol. The highest BCUT2D eigenvalue weighted by Gasteiger charge is 2.54. The second kappa shape index (κ2) is 5.95. The molecule has 0 spiro atoms. The van der Waals surface area contributed by atoms with E-state index < -0.39 is 8.07 Å². The van der Waals surface area contributed by atoms with E-state index in [9.17, 15) is 4.79 Å². The Morgan fingerprint density at radius 2 is 1.95 bits per heavy atom. The molecule has 108 valence electrons. The molecule has 1 aliphatic rings. The fourth-order valence-electron chi connectivity index (χ4n) is 3.37. The van der Waals surface area contributed by atoms with Crippen molar-refractivity contribution in [2.45, 2.75) is 57.5 Å². The lowest BCUT2D eigenvalue weighted by Gasteiger charge is -2.44. The number of hydrogen-bond donors (Lipinski definition) is 0. The zero-order chi connectivity index (χ0) is 14.7. The van der Waals surface area contributed by atoms with Crippen molar-refractivity contribution in [1.29, 1.82) is 0 Å². The molecular weight excluding hydrogens is 256 g/mol. The Morgan fingerprint density at radius 1 is 1.42 bits per heavy atom. The van der Waals surface area contributed by atoms with E-state index in [0.717, 1.165) is 18.1 Å². The van der Waals surface area contributed by atoms with Gasteiger partial charge in [-0.25, -0.2) is 4.79 Å². The van der Waals surface area contributed by atoms with E-state index >= 15 is 0 Å². The lowest BCUT2D eigenvalue weighted by atomic mass is 10.1. The van der Waals surface area contributed by atoms with Gasteiger partial charge in [-0.1, -0.05) is 51.6 Å². The third kappa shape index (κ3) is 2.38. The van der Waals surface area contributed by atoms with Gasteiger partial charge in [0, 0.05) is 6.42 Å². The quantitative estimate of drug-likeness (QED) is 0.422. The average molecular weight is 282 g/mol. The zero-order valence-electron chi connectivity index (χ0n) is 12.8. The number of allylic oxidation sites excluding steroid dienone is 1. The van der Waals surface area contributed by atoms with Crippen LogP contribution in [0.2, 0.25) is 18.1 Å². The van der Waals surface area contributed by atoms with Crippen LogP contribution in [0.5, 0.6) is 0 Å². The fourth-order valence-corrected chi connectivity index (χ4v) is 8.02. The van der Waals surface area contributed by atoms with Gasteiger partial charge in [0.1, 0.15) is 19.1 Å². The molecule has 0 aromatic rings. The van der Waals surface area contributed by atoms with Crippen LogP contribution in [0, 0.1) is 0 Å². The molecule has 1 heterocycles. The highest BCUT2D eigenvalue weighted by molar-refractivity contribution is 6.83. The normalized spacial score (nSPS) is 23.2. The molecule has 1 rings (SSSR count). The van der Waals surface area contributed by atoms with Crippen molar-refractivity contribution in [2.75, 3.05) is 7.11 Å². The van der Waals surface area contributed by atoms with Crippen molar-refractivity contribution in [2.24, 2.45) is 0 Å². The largest absolute Gasteiger partial charge is 0.491 e. The van der Waals surface area contributed by atoms with Gasteiger partial charge in [-0.15, -0.1) is 0 Å². The van der Waals surface area contributed by atoms with Crippen molar-refractivity contribution in [1.82, 2.24) is 0 Å². The molecular formula is C15H26O3Si. The molecule has 1 aliphatic heterocycles. The summed E-state index contributed by atoms with van der Waals surface area (Å²) in [6.07, 6.45) is 2.56. The minimum Gasteiger partial charge on any atom is -0.491 e. The van der Waals surface area contributed by atoms with Crippen LogP contribution in [0.4, 0.5) is 0 Å². The molecule has 0 bridgehead atoms. The minimum absolute atomic E-state index is 0.271. The Hall–Kier alpha value is -1.03. The molecule has 19 heavy (non-hydrogen) atoms. The van der Waals surface area contributed by atoms with Crippen LogP contribution in [-0.4, -0.2) is 26.4 Å². The summed E-state index contributed by atoms with van der Waals surface area (Å²) in [6.45, 7) is 12.6. The molecule has 0 fully saturated rings. The molecule has 4 heteroatoms. The van der Waals surface area contributed by atoms with Crippen molar-refractivity contribution in [3.8, 4) is 0 Å². The van der Waals surface area contributed by atoms with Gasteiger partial charge in [0.15, 0.2) is 0 Å². The van der Waals surface area contributed by atoms with E-state index in [0.29, 0.717) is 17.8 Å². The van der Waals surface area contributed by atoms with E-state index in [1.807, 2.05) is 13.0 Å². The third-order valence-electron chi connectivity index (χ3n) is 4.89. The van der Waals surface area contributed by atoms with Gasteiger partial charge >= 0.3 is 5.97 Å². The number of rotatable bonds is 6. The molecule has 1 atom stereocenters. The molecule has 0 saturated heterocycles. The Bertz CT molecular complexity index is 388. The maximum Gasteiger partial charge on any atom is 0.337 e. The summed E-state index contributed by atoms with van der Waals surface area (Å²) in [5.74, 6) is 0.436. The second-order valence-corrected chi connectivity index (χ2v) is 10.8. The molecule has 0 aliphatic carbocycles. The third-order valence-corrected chi connectivity index (χ3v) is 11.2. The van der Waals surface area contributed by atoms with E-state index in [4.69, 9.17) is 9.47 Å². The van der Waals surface area contributed by atoms with Crippen LogP contribution >= 0.6 is 0 Å². The van der Waals surface area contributed by atoms with E-state index in [1.54, 1.807) is 0 Å². The van der Waals surface area contributed by atoms with Gasteiger partial charge in [0.05, 0.1) is 12.7 Å². The van der Waals surface area contributed by atoms with Crippen molar-refractivity contribution in [3.05, 3.63) is 24.0 Å². The lowest BCUT2D eigenvalue weighted by Crippen LogP contribution is -2.56. The zero-order valence-corrected chi connectivity index (χ0v) is 13.8. The number of carbonyl (C=O) groups excluding carboxylic acids is 1. The summed E-state index contributed by atoms with van der Waals surface area (Å²) in [7, 11) is -0.249. The summed E-state index contributed by atoms with van der Waals surface area (Å²) < 4.78 is 11.1. The highest BCUT2D eigenvalue weighted by Crippen LogP contribution is 2.46. The van der Waals surface area contributed by atoms with E-state index in [1.165, 1.54) is 7.11 Å². The first kappa shape index (κ1) is 16.0. The number of esters is 1. The molecule has 0 aromatic heterocycles. The Morgan fingerprint density at radius 3 is 2.32 bits per heavy atom. The van der Waals surface area contributed by atoms with Gasteiger partial charge in [-0.3, -0.25) is 0 Å². The standard InChI is InChI=1S/C15H26O3Si/c1-7-15(19(8-2,9-3)10-4)11-13(12(5)18-15)14(16)17-6/h7H,1,8-11H2,2-6H3. The van der Waals surface area contributed by atoms with Gasteiger partial charge in [0.25, 0.3) is 0 Å². The number of hydrogen-bond acceptors (Lipinski definition) is 3. The Balaban J connectivity index is 3.19. The van der Waals surface area contributed by atoms with E-state index in [2.05, 4.69) is 27.4 Å². The molecule has 0 amide bonds. The summed E-state index contributed by atoms with van der Waals surface area (Å²) in [4.78, 5) is 11.8. The first-order valence-corrected chi connectivity index (χ1v) is 9.68. The van der Waals surface area contributed by atoms with Crippen LogP contribution in [0.15, 0.2) is 24.0 Å². The predicted octanol–water partition coefficient (Wildman–Crippen LogP) is 3.83. The van der Waals surface area contributed by atoms with Gasteiger partial charge in [-0.2, -0.15) is 0 Å². The van der Waals surface area contributed by atoms with Crippen molar-refractivity contribution in [3.63, 3.8) is 0 Å². The molecule has 0 aromatic carbocycles. The number of methoxy groups -OCH3 is 1. The van der Waals surface area contributed by atoms with Crippen LogP contribution in [-0.2, 0) is 14.3 Å². The summed E-state index contributed by atoms with van der Waals surface area (Å²) >= 11 is 0. The Kier molecular flexibility index (Phi) is 5.02. The topological polar surface area (TPSA) is 35.5 Å². The minimum atomic E-state index is -1.67.